The Labute approximate surface area is 147 Å². The van der Waals surface area contributed by atoms with Crippen molar-refractivity contribution in [2.24, 2.45) is 11.8 Å². The Kier molecular flexibility index (Phi) is 6.06. The number of nitrogens with zero attached hydrogens (tertiary/aromatic N) is 1. The zero-order valence-electron chi connectivity index (χ0n) is 13.5. The number of cyclic esters (lactones) is 1. The molecule has 2 aliphatic heterocycles. The summed E-state index contributed by atoms with van der Waals surface area (Å²) in [6, 6.07) is 4.06. The summed E-state index contributed by atoms with van der Waals surface area (Å²) >= 11 is 1.64. The molecule has 2 heterocycles. The van der Waals surface area contributed by atoms with E-state index in [0.717, 1.165) is 41.6 Å². The van der Waals surface area contributed by atoms with E-state index in [1.165, 1.54) is 0 Å². The second kappa shape index (κ2) is 7.64. The maximum atomic E-state index is 11.7. The van der Waals surface area contributed by atoms with Crippen molar-refractivity contribution >= 4 is 30.1 Å². The van der Waals surface area contributed by atoms with Gasteiger partial charge < -0.3 is 14.2 Å². The molecule has 0 saturated carbocycles. The predicted octanol–water partition coefficient (Wildman–Crippen LogP) is 2.45. The average Bonchev–Trinajstić information content (AvgIpc) is 3.08. The molecule has 23 heavy (non-hydrogen) atoms. The van der Waals surface area contributed by atoms with Crippen LogP contribution in [0.15, 0.2) is 17.0 Å². The minimum Gasteiger partial charge on any atom is -0.496 e. The van der Waals surface area contributed by atoms with E-state index in [1.54, 1.807) is 26.0 Å². The minimum atomic E-state index is -0.0465. The van der Waals surface area contributed by atoms with Gasteiger partial charge in [0, 0.05) is 31.1 Å². The van der Waals surface area contributed by atoms with Crippen LogP contribution in [0.25, 0.3) is 0 Å². The minimum absolute atomic E-state index is 0. The van der Waals surface area contributed by atoms with Gasteiger partial charge in [-0.05, 0) is 18.4 Å². The summed E-state index contributed by atoms with van der Waals surface area (Å²) in [7, 11) is 3.37. The van der Waals surface area contributed by atoms with E-state index >= 15 is 0 Å². The van der Waals surface area contributed by atoms with Gasteiger partial charge in [0.25, 0.3) is 0 Å². The maximum Gasteiger partial charge on any atom is 0.310 e. The van der Waals surface area contributed by atoms with Crippen LogP contribution in [0.1, 0.15) is 5.56 Å². The fourth-order valence-electron chi connectivity index (χ4n) is 3.28. The van der Waals surface area contributed by atoms with Crippen molar-refractivity contribution in [1.82, 2.24) is 4.90 Å². The van der Waals surface area contributed by atoms with Gasteiger partial charge in [0.05, 0.1) is 31.6 Å². The highest BCUT2D eigenvalue weighted by atomic mass is 35.5. The summed E-state index contributed by atoms with van der Waals surface area (Å²) in [6.07, 6.45) is 2.02. The zero-order chi connectivity index (χ0) is 15.7. The van der Waals surface area contributed by atoms with Gasteiger partial charge in [-0.25, -0.2) is 0 Å². The van der Waals surface area contributed by atoms with Gasteiger partial charge in [-0.3, -0.25) is 9.69 Å². The summed E-state index contributed by atoms with van der Waals surface area (Å²) < 4.78 is 16.1. The monoisotopic (exact) mass is 359 g/mol. The quantitative estimate of drug-likeness (QED) is 0.594. The molecule has 0 amide bonds. The van der Waals surface area contributed by atoms with Gasteiger partial charge in [0.15, 0.2) is 0 Å². The molecule has 7 heteroatoms. The van der Waals surface area contributed by atoms with Crippen molar-refractivity contribution < 1.29 is 19.0 Å². The Morgan fingerprint density at radius 2 is 2.00 bits per heavy atom. The summed E-state index contributed by atoms with van der Waals surface area (Å²) in [5.74, 6) is 2.06. The molecule has 0 aromatic heterocycles. The van der Waals surface area contributed by atoms with E-state index in [9.17, 15) is 4.79 Å². The van der Waals surface area contributed by atoms with Gasteiger partial charge in [0.2, 0.25) is 0 Å². The maximum absolute atomic E-state index is 11.7. The van der Waals surface area contributed by atoms with Gasteiger partial charge in [-0.15, -0.1) is 24.2 Å². The van der Waals surface area contributed by atoms with Gasteiger partial charge in [-0.1, -0.05) is 0 Å². The van der Waals surface area contributed by atoms with Crippen LogP contribution in [0.3, 0.4) is 0 Å². The molecule has 2 aliphatic rings. The molecule has 0 spiro atoms. The zero-order valence-corrected chi connectivity index (χ0v) is 15.2. The van der Waals surface area contributed by atoms with Crippen LogP contribution < -0.4 is 9.47 Å². The van der Waals surface area contributed by atoms with Crippen LogP contribution in [0, 0.1) is 11.8 Å². The van der Waals surface area contributed by atoms with Crippen molar-refractivity contribution in [1.29, 1.82) is 0 Å². The molecular weight excluding hydrogens is 338 g/mol. The number of fused-ring (bicyclic) bond motifs is 1. The lowest BCUT2D eigenvalue weighted by molar-refractivity contribution is -0.141. The number of halogens is 1. The summed E-state index contributed by atoms with van der Waals surface area (Å²) in [5, 5.41) is 0. The van der Waals surface area contributed by atoms with Crippen molar-refractivity contribution in [3.63, 3.8) is 0 Å². The number of esters is 1. The third-order valence-electron chi connectivity index (χ3n) is 4.44. The van der Waals surface area contributed by atoms with Crippen molar-refractivity contribution in [2.75, 3.05) is 40.2 Å². The number of thioether (sulfide) groups is 1. The second-order valence-corrected chi connectivity index (χ2v) is 6.56. The number of hydrogen-bond acceptors (Lipinski definition) is 6. The lowest BCUT2D eigenvalue weighted by atomic mass is 10.0. The lowest BCUT2D eigenvalue weighted by Crippen LogP contribution is -2.24. The molecule has 0 aliphatic carbocycles. The summed E-state index contributed by atoms with van der Waals surface area (Å²) in [5.41, 5.74) is 1.09. The van der Waals surface area contributed by atoms with E-state index < -0.39 is 0 Å². The number of ether oxygens (including phenoxy) is 3. The highest BCUT2D eigenvalue weighted by molar-refractivity contribution is 7.98. The Morgan fingerprint density at radius 1 is 1.26 bits per heavy atom. The Bertz CT molecular complexity index is 583. The standard InChI is InChI=1S/C16H21NO4S.ClH/c1-19-13-5-15(22-3)14(20-2)4-10(13)6-17-7-11-9-21-16(18)12(11)8-17;/h4-5,11-12H,6-9H2,1-3H3;1H/t11-,12-;/m1./s1. The molecule has 3 rings (SSSR count). The van der Waals surface area contributed by atoms with E-state index in [-0.39, 0.29) is 24.3 Å². The molecule has 0 bridgehead atoms. The van der Waals surface area contributed by atoms with Crippen LogP contribution in [0.4, 0.5) is 0 Å². The predicted molar refractivity (Wildman–Crippen MR) is 91.8 cm³/mol. The number of methoxy groups -OCH3 is 2. The van der Waals surface area contributed by atoms with Crippen molar-refractivity contribution in [3.8, 4) is 11.5 Å². The molecular formula is C16H22ClNO4S. The highest BCUT2D eigenvalue weighted by Gasteiger charge is 2.43. The van der Waals surface area contributed by atoms with Crippen molar-refractivity contribution in [3.05, 3.63) is 17.7 Å². The fraction of sp³-hybridized carbons (Fsp3) is 0.562. The first-order valence-corrected chi connectivity index (χ1v) is 8.56. The van der Waals surface area contributed by atoms with E-state index in [0.29, 0.717) is 12.5 Å². The smallest absolute Gasteiger partial charge is 0.310 e. The SMILES string of the molecule is COc1cc(SC)c(OC)cc1CN1C[C@@H]2COC(=O)[C@@H]2C1.Cl. The largest absolute Gasteiger partial charge is 0.496 e. The lowest BCUT2D eigenvalue weighted by Gasteiger charge is -2.20. The number of hydrogen-bond donors (Lipinski definition) is 0. The molecule has 2 atom stereocenters. The number of likely N-dealkylation sites (tertiary alicyclic amines) is 1. The molecule has 2 fully saturated rings. The fourth-order valence-corrected chi connectivity index (χ4v) is 3.85. The Hall–Kier alpha value is -1.11. The number of carbonyl (C=O) groups is 1. The topological polar surface area (TPSA) is 48.0 Å². The van der Waals surface area contributed by atoms with Crippen LogP contribution >= 0.6 is 24.2 Å². The van der Waals surface area contributed by atoms with Crippen LogP contribution in [-0.4, -0.2) is 51.0 Å². The molecule has 0 radical (unpaired) electrons. The van der Waals surface area contributed by atoms with Gasteiger partial charge in [-0.2, -0.15) is 0 Å². The first-order valence-electron chi connectivity index (χ1n) is 7.34. The van der Waals surface area contributed by atoms with Crippen LogP contribution in [0.5, 0.6) is 11.5 Å². The molecule has 2 saturated heterocycles. The summed E-state index contributed by atoms with van der Waals surface area (Å²) in [4.78, 5) is 15.0. The molecule has 0 N–H and O–H groups in total. The number of benzene rings is 1. The van der Waals surface area contributed by atoms with Crippen LogP contribution in [-0.2, 0) is 16.1 Å². The van der Waals surface area contributed by atoms with E-state index in [4.69, 9.17) is 14.2 Å². The summed E-state index contributed by atoms with van der Waals surface area (Å²) in [6.45, 7) is 2.98. The molecule has 1 aromatic rings. The van der Waals surface area contributed by atoms with E-state index in [2.05, 4.69) is 4.90 Å². The Balaban J connectivity index is 0.00000192. The highest BCUT2D eigenvalue weighted by Crippen LogP contribution is 2.37. The molecule has 128 valence electrons. The Morgan fingerprint density at radius 3 is 2.61 bits per heavy atom. The molecule has 5 nitrogen and oxygen atoms in total. The van der Waals surface area contributed by atoms with E-state index in [1.807, 2.05) is 18.4 Å². The second-order valence-electron chi connectivity index (χ2n) is 5.71. The number of carbonyl (C=O) groups excluding carboxylic acids is 1. The first-order chi connectivity index (χ1) is 10.7. The third kappa shape index (κ3) is 3.54. The normalized spacial score (nSPS) is 23.2. The third-order valence-corrected chi connectivity index (χ3v) is 5.20. The van der Waals surface area contributed by atoms with Crippen LogP contribution in [0.2, 0.25) is 0 Å². The first kappa shape index (κ1) is 18.2. The number of rotatable bonds is 5. The average molecular weight is 360 g/mol. The molecule has 1 aromatic carbocycles. The van der Waals surface area contributed by atoms with Gasteiger partial charge in [0.1, 0.15) is 11.5 Å². The van der Waals surface area contributed by atoms with Gasteiger partial charge >= 0.3 is 5.97 Å². The molecule has 0 unspecified atom stereocenters. The van der Waals surface area contributed by atoms with Crippen molar-refractivity contribution in [2.45, 2.75) is 11.4 Å².